The van der Waals surface area contributed by atoms with Gasteiger partial charge in [0.15, 0.2) is 0 Å². The van der Waals surface area contributed by atoms with Gasteiger partial charge in [-0.1, -0.05) is 31.0 Å². The van der Waals surface area contributed by atoms with Gasteiger partial charge in [0, 0.05) is 5.56 Å². The van der Waals surface area contributed by atoms with E-state index >= 15 is 0 Å². The number of hydrogen-bond acceptors (Lipinski definition) is 2. The van der Waals surface area contributed by atoms with Crippen molar-refractivity contribution in [1.29, 1.82) is 0 Å². The molecular formula is C14H17ClO3. The Bertz CT molecular complexity index is 478. The maximum Gasteiger partial charge on any atom is 0.314 e. The van der Waals surface area contributed by atoms with Crippen molar-refractivity contribution < 1.29 is 14.6 Å². The third kappa shape index (κ3) is 1.87. The van der Waals surface area contributed by atoms with Crippen molar-refractivity contribution in [3.05, 3.63) is 28.3 Å². The largest absolute Gasteiger partial charge is 0.495 e. The topological polar surface area (TPSA) is 46.5 Å². The van der Waals surface area contributed by atoms with Crippen LogP contribution in [0.2, 0.25) is 5.02 Å². The van der Waals surface area contributed by atoms with Crippen LogP contribution in [0.3, 0.4) is 0 Å². The molecule has 0 amide bonds. The van der Waals surface area contributed by atoms with Gasteiger partial charge in [-0.3, -0.25) is 4.79 Å². The summed E-state index contributed by atoms with van der Waals surface area (Å²) in [4.78, 5) is 11.6. The number of carbonyl (C=O) groups is 1. The molecule has 98 valence electrons. The van der Waals surface area contributed by atoms with E-state index in [1.165, 1.54) is 7.11 Å². The van der Waals surface area contributed by atoms with Crippen LogP contribution in [-0.2, 0) is 16.6 Å². The van der Waals surface area contributed by atoms with E-state index < -0.39 is 11.4 Å². The number of methoxy groups -OCH3 is 1. The van der Waals surface area contributed by atoms with Gasteiger partial charge in [-0.2, -0.15) is 0 Å². The first-order chi connectivity index (χ1) is 8.55. The van der Waals surface area contributed by atoms with Gasteiger partial charge in [-0.05, 0) is 30.9 Å². The first kappa shape index (κ1) is 13.2. The molecular weight excluding hydrogens is 252 g/mol. The Morgan fingerprint density at radius 1 is 1.50 bits per heavy atom. The number of halogens is 1. The second-order valence-corrected chi connectivity index (χ2v) is 5.16. The van der Waals surface area contributed by atoms with E-state index in [1.807, 2.05) is 19.1 Å². The predicted octanol–water partition coefficient (Wildman–Crippen LogP) is 3.42. The number of benzene rings is 1. The number of aliphatic carboxylic acids is 1. The van der Waals surface area contributed by atoms with Crippen LogP contribution < -0.4 is 4.74 Å². The lowest BCUT2D eigenvalue weighted by Gasteiger charge is -2.39. The van der Waals surface area contributed by atoms with E-state index in [4.69, 9.17) is 16.3 Å². The van der Waals surface area contributed by atoms with Crippen molar-refractivity contribution in [3.8, 4) is 5.75 Å². The van der Waals surface area contributed by atoms with Crippen molar-refractivity contribution in [3.63, 3.8) is 0 Å². The molecule has 0 atom stereocenters. The van der Waals surface area contributed by atoms with Gasteiger partial charge in [0.2, 0.25) is 0 Å². The third-order valence-electron chi connectivity index (χ3n) is 3.85. The molecule has 0 aliphatic heterocycles. The first-order valence-electron chi connectivity index (χ1n) is 6.15. The fraction of sp³-hybridized carbons (Fsp3) is 0.500. The summed E-state index contributed by atoms with van der Waals surface area (Å²) in [6.07, 6.45) is 3.07. The molecule has 1 aliphatic carbocycles. The lowest BCUT2D eigenvalue weighted by atomic mass is 9.64. The molecule has 1 aromatic rings. The van der Waals surface area contributed by atoms with E-state index in [9.17, 15) is 9.90 Å². The zero-order valence-corrected chi connectivity index (χ0v) is 11.4. The Labute approximate surface area is 112 Å². The van der Waals surface area contributed by atoms with Crippen molar-refractivity contribution in [1.82, 2.24) is 0 Å². The average Bonchev–Trinajstić information content (AvgIpc) is 2.26. The summed E-state index contributed by atoms with van der Waals surface area (Å²) in [7, 11) is 1.53. The van der Waals surface area contributed by atoms with Crippen LogP contribution in [0.4, 0.5) is 0 Å². The molecule has 1 fully saturated rings. The maximum absolute atomic E-state index is 11.6. The van der Waals surface area contributed by atoms with Crippen molar-refractivity contribution in [2.24, 2.45) is 0 Å². The average molecular weight is 269 g/mol. The van der Waals surface area contributed by atoms with Gasteiger partial charge in [-0.15, -0.1) is 0 Å². The molecule has 0 spiro atoms. The smallest absolute Gasteiger partial charge is 0.314 e. The van der Waals surface area contributed by atoms with E-state index in [0.29, 0.717) is 23.6 Å². The number of hydrogen-bond donors (Lipinski definition) is 1. The van der Waals surface area contributed by atoms with Crippen LogP contribution in [0, 0.1) is 0 Å². The minimum absolute atomic E-state index is 0.499. The van der Waals surface area contributed by atoms with Crippen molar-refractivity contribution in [2.45, 2.75) is 38.0 Å². The second kappa shape index (κ2) is 4.81. The van der Waals surface area contributed by atoms with Gasteiger partial charge < -0.3 is 9.84 Å². The Morgan fingerprint density at radius 2 is 2.17 bits per heavy atom. The van der Waals surface area contributed by atoms with E-state index in [0.717, 1.165) is 24.0 Å². The normalized spacial score (nSPS) is 17.1. The monoisotopic (exact) mass is 268 g/mol. The molecule has 0 radical (unpaired) electrons. The highest BCUT2D eigenvalue weighted by molar-refractivity contribution is 6.32. The predicted molar refractivity (Wildman–Crippen MR) is 70.5 cm³/mol. The zero-order chi connectivity index (χ0) is 13.3. The molecule has 0 heterocycles. The Morgan fingerprint density at radius 3 is 2.56 bits per heavy atom. The van der Waals surface area contributed by atoms with Crippen LogP contribution in [-0.4, -0.2) is 18.2 Å². The van der Waals surface area contributed by atoms with Gasteiger partial charge in [-0.25, -0.2) is 0 Å². The van der Waals surface area contributed by atoms with E-state index in [2.05, 4.69) is 0 Å². The highest BCUT2D eigenvalue weighted by Crippen LogP contribution is 2.49. The minimum Gasteiger partial charge on any atom is -0.495 e. The fourth-order valence-electron chi connectivity index (χ4n) is 2.55. The van der Waals surface area contributed by atoms with Crippen LogP contribution in [0.1, 0.15) is 37.3 Å². The van der Waals surface area contributed by atoms with Crippen LogP contribution in [0.15, 0.2) is 12.1 Å². The van der Waals surface area contributed by atoms with Gasteiger partial charge in [0.25, 0.3) is 0 Å². The molecule has 18 heavy (non-hydrogen) atoms. The van der Waals surface area contributed by atoms with Crippen LogP contribution >= 0.6 is 11.6 Å². The number of aryl methyl sites for hydroxylation is 1. The van der Waals surface area contributed by atoms with Crippen LogP contribution in [0.25, 0.3) is 0 Å². The summed E-state index contributed by atoms with van der Waals surface area (Å²) in [5.74, 6) is -0.271. The molecule has 3 nitrogen and oxygen atoms in total. The van der Waals surface area contributed by atoms with E-state index in [-0.39, 0.29) is 0 Å². The first-order valence-corrected chi connectivity index (χ1v) is 6.53. The molecule has 1 aliphatic rings. The minimum atomic E-state index is -0.805. The summed E-state index contributed by atoms with van der Waals surface area (Å²) in [6.45, 7) is 2.02. The molecule has 0 unspecified atom stereocenters. The van der Waals surface area contributed by atoms with Crippen molar-refractivity contribution >= 4 is 17.6 Å². The summed E-state index contributed by atoms with van der Waals surface area (Å²) >= 11 is 6.19. The van der Waals surface area contributed by atoms with Gasteiger partial charge >= 0.3 is 5.97 Å². The Kier molecular flexibility index (Phi) is 3.53. The van der Waals surface area contributed by atoms with Gasteiger partial charge in [0.1, 0.15) is 5.75 Å². The molecule has 1 N–H and O–H groups in total. The molecule has 2 rings (SSSR count). The Hall–Kier alpha value is -1.22. The molecule has 1 aromatic carbocycles. The molecule has 0 bridgehead atoms. The standard InChI is InChI=1S/C14H17ClO3/c1-3-9-7-10(12(18-2)11(15)8-9)14(13(16)17)5-4-6-14/h7-8H,3-6H2,1-2H3,(H,16,17). The maximum atomic E-state index is 11.6. The summed E-state index contributed by atoms with van der Waals surface area (Å²) < 4.78 is 5.31. The molecule has 1 saturated carbocycles. The highest BCUT2D eigenvalue weighted by atomic mass is 35.5. The van der Waals surface area contributed by atoms with Crippen LogP contribution in [0.5, 0.6) is 5.75 Å². The fourth-order valence-corrected chi connectivity index (χ4v) is 2.86. The van der Waals surface area contributed by atoms with Gasteiger partial charge in [0.05, 0.1) is 17.5 Å². The highest BCUT2D eigenvalue weighted by Gasteiger charge is 2.48. The summed E-state index contributed by atoms with van der Waals surface area (Å²) in [6, 6.07) is 3.77. The van der Waals surface area contributed by atoms with Crippen molar-refractivity contribution in [2.75, 3.05) is 7.11 Å². The second-order valence-electron chi connectivity index (χ2n) is 4.75. The molecule has 4 heteroatoms. The lowest BCUT2D eigenvalue weighted by molar-refractivity contribution is -0.147. The number of rotatable bonds is 4. The molecule has 0 aromatic heterocycles. The number of carboxylic acid groups (broad SMARTS) is 1. The number of ether oxygens (including phenoxy) is 1. The molecule has 0 saturated heterocycles. The SMILES string of the molecule is CCc1cc(Cl)c(OC)c(C2(C(=O)O)CCC2)c1. The Balaban J connectivity index is 2.61. The number of carboxylic acids is 1. The summed E-state index contributed by atoms with van der Waals surface area (Å²) in [5.41, 5.74) is 0.969. The summed E-state index contributed by atoms with van der Waals surface area (Å²) in [5, 5.41) is 10.0. The lowest BCUT2D eigenvalue weighted by Crippen LogP contribution is -2.42. The van der Waals surface area contributed by atoms with E-state index in [1.54, 1.807) is 0 Å². The third-order valence-corrected chi connectivity index (χ3v) is 4.13. The zero-order valence-electron chi connectivity index (χ0n) is 10.6. The quantitative estimate of drug-likeness (QED) is 0.910.